The molecule has 2 rings (SSSR count). The second-order valence-corrected chi connectivity index (χ2v) is 5.33. The van der Waals surface area contributed by atoms with Crippen molar-refractivity contribution >= 4 is 11.9 Å². The van der Waals surface area contributed by atoms with Crippen LogP contribution in [0.4, 0.5) is 4.39 Å². The van der Waals surface area contributed by atoms with Crippen molar-refractivity contribution in [3.8, 4) is 0 Å². The van der Waals surface area contributed by atoms with Crippen molar-refractivity contribution in [3.05, 3.63) is 35.1 Å². The van der Waals surface area contributed by atoms with Crippen LogP contribution in [0.1, 0.15) is 46.9 Å². The third-order valence-corrected chi connectivity index (χ3v) is 3.75. The van der Waals surface area contributed by atoms with Gasteiger partial charge in [0.1, 0.15) is 5.82 Å². The monoisotopic (exact) mass is 279 g/mol. The number of amides is 1. The number of hydrogen-bond acceptors (Lipinski definition) is 2. The fraction of sp³-hybridized carbons (Fsp3) is 0.467. The summed E-state index contributed by atoms with van der Waals surface area (Å²) in [4.78, 5) is 24.7. The van der Waals surface area contributed by atoms with Crippen LogP contribution >= 0.6 is 0 Å². The van der Waals surface area contributed by atoms with E-state index in [1.54, 1.807) is 4.90 Å². The van der Waals surface area contributed by atoms with Gasteiger partial charge in [0.25, 0.3) is 5.91 Å². The van der Waals surface area contributed by atoms with Crippen LogP contribution in [0, 0.1) is 11.7 Å². The first kappa shape index (κ1) is 14.5. The topological polar surface area (TPSA) is 57.6 Å². The lowest BCUT2D eigenvalue weighted by atomic mass is 10.0. The highest BCUT2D eigenvalue weighted by Gasteiger charge is 2.22. The van der Waals surface area contributed by atoms with Gasteiger partial charge >= 0.3 is 5.97 Å². The highest BCUT2D eigenvalue weighted by Crippen LogP contribution is 2.19. The normalized spacial score (nSPS) is 19.5. The molecule has 20 heavy (non-hydrogen) atoms. The number of likely N-dealkylation sites (tertiary alicyclic amines) is 1. The third-order valence-electron chi connectivity index (χ3n) is 3.75. The number of nitrogens with zero attached hydrogens (tertiary/aromatic N) is 1. The molecule has 1 unspecified atom stereocenters. The molecule has 1 fully saturated rings. The van der Waals surface area contributed by atoms with E-state index in [1.807, 2.05) is 0 Å². The molecule has 1 amide bonds. The van der Waals surface area contributed by atoms with Crippen LogP contribution < -0.4 is 0 Å². The molecular weight excluding hydrogens is 261 g/mol. The minimum Gasteiger partial charge on any atom is -0.478 e. The van der Waals surface area contributed by atoms with Crippen LogP contribution in [0.3, 0.4) is 0 Å². The summed E-state index contributed by atoms with van der Waals surface area (Å²) in [5, 5.41) is 8.79. The molecule has 0 bridgehead atoms. The SMILES string of the molecule is CC1CCCN(C(=O)c2ccc(C(=O)O)cc2F)CC1. The summed E-state index contributed by atoms with van der Waals surface area (Å²) in [5.74, 6) is -1.75. The first-order valence-corrected chi connectivity index (χ1v) is 6.81. The van der Waals surface area contributed by atoms with Crippen molar-refractivity contribution in [1.82, 2.24) is 4.90 Å². The predicted molar refractivity (Wildman–Crippen MR) is 72.3 cm³/mol. The number of rotatable bonds is 2. The maximum absolute atomic E-state index is 13.9. The highest BCUT2D eigenvalue weighted by atomic mass is 19.1. The Morgan fingerprint density at radius 1 is 1.30 bits per heavy atom. The maximum Gasteiger partial charge on any atom is 0.335 e. The first-order chi connectivity index (χ1) is 9.49. The molecule has 1 saturated heterocycles. The molecule has 1 aliphatic rings. The van der Waals surface area contributed by atoms with E-state index in [2.05, 4.69) is 6.92 Å². The Bertz CT molecular complexity index is 530. The van der Waals surface area contributed by atoms with Crippen molar-refractivity contribution in [2.45, 2.75) is 26.2 Å². The summed E-state index contributed by atoms with van der Waals surface area (Å²) in [6.45, 7) is 3.40. The van der Waals surface area contributed by atoms with E-state index < -0.39 is 11.8 Å². The quantitative estimate of drug-likeness (QED) is 0.905. The van der Waals surface area contributed by atoms with E-state index in [1.165, 1.54) is 12.1 Å². The van der Waals surface area contributed by atoms with Gasteiger partial charge in [0.15, 0.2) is 0 Å². The zero-order chi connectivity index (χ0) is 14.7. The molecule has 4 nitrogen and oxygen atoms in total. The van der Waals surface area contributed by atoms with E-state index in [4.69, 9.17) is 5.11 Å². The second-order valence-electron chi connectivity index (χ2n) is 5.33. The van der Waals surface area contributed by atoms with Gasteiger partial charge in [0.05, 0.1) is 11.1 Å². The van der Waals surface area contributed by atoms with Crippen LogP contribution in [0.25, 0.3) is 0 Å². The van der Waals surface area contributed by atoms with Gasteiger partial charge < -0.3 is 10.0 Å². The lowest BCUT2D eigenvalue weighted by molar-refractivity contribution is 0.0692. The van der Waals surface area contributed by atoms with Gasteiger partial charge in [-0.3, -0.25) is 4.79 Å². The minimum absolute atomic E-state index is 0.0513. The van der Waals surface area contributed by atoms with Gasteiger partial charge in [0, 0.05) is 13.1 Å². The Kier molecular flexibility index (Phi) is 4.37. The summed E-state index contributed by atoms with van der Waals surface area (Å²) in [7, 11) is 0. The molecule has 0 spiro atoms. The van der Waals surface area contributed by atoms with Gasteiger partial charge in [-0.15, -0.1) is 0 Å². The lowest BCUT2D eigenvalue weighted by Crippen LogP contribution is -2.32. The van der Waals surface area contributed by atoms with Gasteiger partial charge in [-0.1, -0.05) is 6.92 Å². The van der Waals surface area contributed by atoms with Crippen LogP contribution in [0.5, 0.6) is 0 Å². The average molecular weight is 279 g/mol. The molecule has 1 N–H and O–H groups in total. The smallest absolute Gasteiger partial charge is 0.335 e. The number of carbonyl (C=O) groups excluding carboxylic acids is 1. The summed E-state index contributed by atoms with van der Waals surface area (Å²) in [6, 6.07) is 3.42. The van der Waals surface area contributed by atoms with Crippen molar-refractivity contribution in [2.75, 3.05) is 13.1 Å². The molecule has 1 atom stereocenters. The van der Waals surface area contributed by atoms with Crippen molar-refractivity contribution in [1.29, 1.82) is 0 Å². The molecule has 0 saturated carbocycles. The second kappa shape index (κ2) is 6.03. The van der Waals surface area contributed by atoms with Crippen molar-refractivity contribution < 1.29 is 19.1 Å². The van der Waals surface area contributed by atoms with Gasteiger partial charge in [-0.25, -0.2) is 9.18 Å². The van der Waals surface area contributed by atoms with E-state index in [0.29, 0.717) is 19.0 Å². The standard InChI is InChI=1S/C15H18FNO3/c1-10-3-2-7-17(8-6-10)14(18)12-5-4-11(15(19)20)9-13(12)16/h4-5,9-10H,2-3,6-8H2,1H3,(H,19,20). The van der Waals surface area contributed by atoms with E-state index in [0.717, 1.165) is 25.3 Å². The van der Waals surface area contributed by atoms with Crippen molar-refractivity contribution in [2.24, 2.45) is 5.92 Å². The summed E-state index contributed by atoms with van der Waals surface area (Å²) < 4.78 is 13.9. The highest BCUT2D eigenvalue weighted by molar-refractivity contribution is 5.96. The van der Waals surface area contributed by atoms with Gasteiger partial charge in [-0.2, -0.15) is 0 Å². The molecule has 0 aliphatic carbocycles. The Morgan fingerprint density at radius 2 is 2.05 bits per heavy atom. The maximum atomic E-state index is 13.9. The average Bonchev–Trinajstić information content (AvgIpc) is 2.62. The number of carboxylic acid groups (broad SMARTS) is 1. The number of carbonyl (C=O) groups is 2. The minimum atomic E-state index is -1.20. The molecule has 5 heteroatoms. The Balaban J connectivity index is 2.18. The molecule has 1 aromatic rings. The molecule has 0 aromatic heterocycles. The number of hydrogen-bond donors (Lipinski definition) is 1. The first-order valence-electron chi connectivity index (χ1n) is 6.81. The van der Waals surface area contributed by atoms with Gasteiger partial charge in [0.2, 0.25) is 0 Å². The molecule has 1 aromatic carbocycles. The van der Waals surface area contributed by atoms with Crippen molar-refractivity contribution in [3.63, 3.8) is 0 Å². The fourth-order valence-corrected chi connectivity index (χ4v) is 2.46. The van der Waals surface area contributed by atoms with E-state index in [9.17, 15) is 14.0 Å². The number of benzene rings is 1. The van der Waals surface area contributed by atoms with E-state index in [-0.39, 0.29) is 17.0 Å². The van der Waals surface area contributed by atoms with Crippen LogP contribution in [-0.2, 0) is 0 Å². The zero-order valence-electron chi connectivity index (χ0n) is 11.4. The number of halogens is 1. The van der Waals surface area contributed by atoms with E-state index >= 15 is 0 Å². The molecule has 108 valence electrons. The van der Waals surface area contributed by atoms with Crippen LogP contribution in [-0.4, -0.2) is 35.0 Å². The fourth-order valence-electron chi connectivity index (χ4n) is 2.46. The van der Waals surface area contributed by atoms with Crippen LogP contribution in [0.2, 0.25) is 0 Å². The summed E-state index contributed by atoms with van der Waals surface area (Å²) in [6.07, 6.45) is 2.91. The van der Waals surface area contributed by atoms with Gasteiger partial charge in [-0.05, 0) is 43.4 Å². The third kappa shape index (κ3) is 3.15. The Hall–Kier alpha value is -1.91. The molecule has 1 aliphatic heterocycles. The number of aromatic carboxylic acids is 1. The zero-order valence-corrected chi connectivity index (χ0v) is 11.4. The largest absolute Gasteiger partial charge is 0.478 e. The molecule has 0 radical (unpaired) electrons. The lowest BCUT2D eigenvalue weighted by Gasteiger charge is -2.20. The predicted octanol–water partition coefficient (Wildman–Crippen LogP) is 2.79. The van der Waals surface area contributed by atoms with Crippen LogP contribution in [0.15, 0.2) is 18.2 Å². The molecule has 1 heterocycles. The summed E-state index contributed by atoms with van der Waals surface area (Å²) >= 11 is 0. The summed E-state index contributed by atoms with van der Waals surface area (Å²) in [5.41, 5.74) is -0.201. The number of carboxylic acids is 1. The Labute approximate surface area is 117 Å². The Morgan fingerprint density at radius 3 is 2.70 bits per heavy atom. The molecular formula is C15H18FNO3.